The molecule has 3 nitrogen and oxygen atoms in total. The molecule has 0 saturated carbocycles. The van der Waals surface area contributed by atoms with Crippen molar-refractivity contribution in [2.24, 2.45) is 0 Å². The highest BCUT2D eigenvalue weighted by atomic mass is 32.1. The van der Waals surface area contributed by atoms with E-state index in [1.165, 1.54) is 0 Å². The second kappa shape index (κ2) is 5.08. The van der Waals surface area contributed by atoms with E-state index in [0.717, 1.165) is 44.3 Å². The standard InChI is InChI=1S/C20H14N2OS/c23-18-15-11-12-24-20(15)22(13-7-3-1-2-4-8-13)19-17(18)14-9-5-6-10-16(14)21-19/h1-3,5-12,21H,4H2. The number of aromatic nitrogens is 2. The molecule has 116 valence electrons. The van der Waals surface area contributed by atoms with Crippen molar-refractivity contribution in [2.75, 3.05) is 0 Å². The molecule has 1 aromatic carbocycles. The van der Waals surface area contributed by atoms with Crippen LogP contribution in [0.25, 0.3) is 37.8 Å². The monoisotopic (exact) mass is 330 g/mol. The molecule has 0 bridgehead atoms. The summed E-state index contributed by atoms with van der Waals surface area (Å²) in [5.74, 6) is 0. The number of pyridine rings is 1. The first kappa shape index (κ1) is 13.6. The minimum absolute atomic E-state index is 0.103. The molecule has 0 aliphatic heterocycles. The summed E-state index contributed by atoms with van der Waals surface area (Å²) in [7, 11) is 0. The van der Waals surface area contributed by atoms with Crippen molar-refractivity contribution in [3.05, 3.63) is 76.3 Å². The van der Waals surface area contributed by atoms with Gasteiger partial charge in [-0.3, -0.25) is 9.36 Å². The number of aromatic amines is 1. The Hall–Kier alpha value is -2.85. The smallest absolute Gasteiger partial charge is 0.200 e. The zero-order valence-corrected chi connectivity index (χ0v) is 13.6. The molecule has 0 unspecified atom stereocenters. The van der Waals surface area contributed by atoms with Crippen LogP contribution < -0.4 is 5.43 Å². The van der Waals surface area contributed by atoms with Crippen LogP contribution >= 0.6 is 11.3 Å². The number of nitrogens with zero attached hydrogens (tertiary/aromatic N) is 1. The van der Waals surface area contributed by atoms with E-state index in [9.17, 15) is 4.79 Å². The van der Waals surface area contributed by atoms with Gasteiger partial charge in [0.1, 0.15) is 10.5 Å². The van der Waals surface area contributed by atoms with Crippen molar-refractivity contribution < 1.29 is 0 Å². The van der Waals surface area contributed by atoms with Gasteiger partial charge in [-0.2, -0.15) is 0 Å². The van der Waals surface area contributed by atoms with Crippen molar-refractivity contribution in [1.82, 2.24) is 9.55 Å². The SMILES string of the molecule is O=c1c2ccsc2n(C2=CCC=CC=C2)c2[nH]c3ccccc3c12. The van der Waals surface area contributed by atoms with Gasteiger partial charge in [0, 0.05) is 16.6 Å². The number of thiophene rings is 1. The van der Waals surface area contributed by atoms with E-state index in [4.69, 9.17) is 0 Å². The van der Waals surface area contributed by atoms with Crippen LogP contribution in [0, 0.1) is 0 Å². The second-order valence-electron chi connectivity index (χ2n) is 5.85. The molecule has 24 heavy (non-hydrogen) atoms. The number of rotatable bonds is 1. The van der Waals surface area contributed by atoms with E-state index in [0.29, 0.717) is 0 Å². The molecule has 3 heterocycles. The Kier molecular flexibility index (Phi) is 2.87. The summed E-state index contributed by atoms with van der Waals surface area (Å²) < 4.78 is 2.18. The Morgan fingerprint density at radius 1 is 1.08 bits per heavy atom. The third-order valence-electron chi connectivity index (χ3n) is 4.46. The fourth-order valence-electron chi connectivity index (χ4n) is 3.39. The number of nitrogens with one attached hydrogen (secondary N) is 1. The quantitative estimate of drug-likeness (QED) is 0.521. The van der Waals surface area contributed by atoms with Crippen LogP contribution in [0.15, 0.2) is 70.9 Å². The van der Waals surface area contributed by atoms with E-state index < -0.39 is 0 Å². The molecule has 5 rings (SSSR count). The molecule has 4 aromatic rings. The van der Waals surface area contributed by atoms with Crippen molar-refractivity contribution in [3.63, 3.8) is 0 Å². The number of hydrogen-bond acceptors (Lipinski definition) is 2. The predicted molar refractivity (Wildman–Crippen MR) is 103 cm³/mol. The first-order valence-corrected chi connectivity index (χ1v) is 8.79. The first-order valence-electron chi connectivity index (χ1n) is 7.91. The van der Waals surface area contributed by atoms with Crippen molar-refractivity contribution in [1.29, 1.82) is 0 Å². The normalized spacial score (nSPS) is 14.6. The van der Waals surface area contributed by atoms with Crippen molar-refractivity contribution in [3.8, 4) is 0 Å². The minimum atomic E-state index is 0.103. The number of allylic oxidation sites excluding steroid dienone is 6. The molecule has 0 amide bonds. The van der Waals surface area contributed by atoms with Gasteiger partial charge in [-0.05, 0) is 30.0 Å². The van der Waals surface area contributed by atoms with Crippen molar-refractivity contribution in [2.45, 2.75) is 6.42 Å². The summed E-state index contributed by atoms with van der Waals surface area (Å²) in [5.41, 5.74) is 3.05. The predicted octanol–water partition coefficient (Wildman–Crippen LogP) is 5.05. The summed E-state index contributed by atoms with van der Waals surface area (Å²) in [4.78, 5) is 17.5. The molecule has 3 aromatic heterocycles. The van der Waals surface area contributed by atoms with E-state index >= 15 is 0 Å². The van der Waals surface area contributed by atoms with Gasteiger partial charge < -0.3 is 4.98 Å². The first-order chi connectivity index (χ1) is 11.8. The lowest BCUT2D eigenvalue weighted by Gasteiger charge is -2.11. The van der Waals surface area contributed by atoms with Gasteiger partial charge in [0.2, 0.25) is 0 Å². The van der Waals surface area contributed by atoms with Crippen molar-refractivity contribution >= 4 is 49.2 Å². The van der Waals surface area contributed by atoms with Crippen LogP contribution in [-0.2, 0) is 0 Å². The Morgan fingerprint density at radius 3 is 2.96 bits per heavy atom. The lowest BCUT2D eigenvalue weighted by atomic mass is 10.1. The topological polar surface area (TPSA) is 37.8 Å². The number of para-hydroxylation sites is 1. The molecule has 4 heteroatoms. The summed E-state index contributed by atoms with van der Waals surface area (Å²) in [6.07, 6.45) is 11.4. The highest BCUT2D eigenvalue weighted by molar-refractivity contribution is 7.16. The second-order valence-corrected chi connectivity index (χ2v) is 6.74. The van der Waals surface area contributed by atoms with Crippen LogP contribution in [0.4, 0.5) is 0 Å². The summed E-state index contributed by atoms with van der Waals surface area (Å²) in [5, 5.41) is 4.52. The Labute approximate surface area is 141 Å². The molecule has 0 saturated heterocycles. The molecular weight excluding hydrogens is 316 g/mol. The number of fused-ring (bicyclic) bond motifs is 4. The van der Waals surface area contributed by atoms with Gasteiger partial charge >= 0.3 is 0 Å². The van der Waals surface area contributed by atoms with E-state index in [2.05, 4.69) is 33.9 Å². The van der Waals surface area contributed by atoms with Gasteiger partial charge in [-0.15, -0.1) is 11.3 Å². The summed E-state index contributed by atoms with van der Waals surface area (Å²) in [6.45, 7) is 0. The van der Waals surface area contributed by atoms with E-state index in [1.807, 2.05) is 41.8 Å². The summed E-state index contributed by atoms with van der Waals surface area (Å²) >= 11 is 1.60. The zero-order chi connectivity index (χ0) is 16.1. The average molecular weight is 330 g/mol. The Balaban J connectivity index is 2.03. The molecule has 1 aliphatic rings. The molecule has 0 fully saturated rings. The van der Waals surface area contributed by atoms with Crippen LogP contribution in [-0.4, -0.2) is 9.55 Å². The molecule has 1 N–H and O–H groups in total. The fourth-order valence-corrected chi connectivity index (χ4v) is 4.31. The van der Waals surface area contributed by atoms with Crippen LogP contribution in [0.3, 0.4) is 0 Å². The third-order valence-corrected chi connectivity index (χ3v) is 5.36. The number of hydrogen-bond donors (Lipinski definition) is 1. The highest BCUT2D eigenvalue weighted by Crippen LogP contribution is 2.31. The lowest BCUT2D eigenvalue weighted by molar-refractivity contribution is 1.18. The molecule has 0 atom stereocenters. The Morgan fingerprint density at radius 2 is 2.00 bits per heavy atom. The van der Waals surface area contributed by atoms with Gasteiger partial charge in [0.25, 0.3) is 0 Å². The van der Waals surface area contributed by atoms with Gasteiger partial charge in [-0.25, -0.2) is 0 Å². The van der Waals surface area contributed by atoms with Gasteiger partial charge in [0.15, 0.2) is 5.43 Å². The molecule has 0 radical (unpaired) electrons. The maximum Gasteiger partial charge on any atom is 0.200 e. The molecule has 0 spiro atoms. The summed E-state index contributed by atoms with van der Waals surface area (Å²) in [6, 6.07) is 9.93. The maximum atomic E-state index is 13.1. The Bertz CT molecular complexity index is 1250. The largest absolute Gasteiger partial charge is 0.340 e. The fraction of sp³-hybridized carbons (Fsp3) is 0.0500. The van der Waals surface area contributed by atoms with E-state index in [-0.39, 0.29) is 5.43 Å². The van der Waals surface area contributed by atoms with Crippen LogP contribution in [0.2, 0.25) is 0 Å². The molecule has 1 aliphatic carbocycles. The van der Waals surface area contributed by atoms with Crippen LogP contribution in [0.1, 0.15) is 6.42 Å². The molecular formula is C20H14N2OS. The highest BCUT2D eigenvalue weighted by Gasteiger charge is 2.17. The number of H-pyrrole nitrogens is 1. The lowest BCUT2D eigenvalue weighted by Crippen LogP contribution is -2.08. The minimum Gasteiger partial charge on any atom is -0.340 e. The van der Waals surface area contributed by atoms with Crippen LogP contribution in [0.5, 0.6) is 0 Å². The van der Waals surface area contributed by atoms with Gasteiger partial charge in [0.05, 0.1) is 10.8 Å². The zero-order valence-electron chi connectivity index (χ0n) is 12.8. The third kappa shape index (κ3) is 1.80. The maximum absolute atomic E-state index is 13.1. The average Bonchev–Trinajstić information content (AvgIpc) is 3.13. The van der Waals surface area contributed by atoms with E-state index in [1.54, 1.807) is 11.3 Å². The number of benzene rings is 1. The van der Waals surface area contributed by atoms with Gasteiger partial charge in [-0.1, -0.05) is 42.5 Å².